The smallest absolute Gasteiger partial charge is 0.123 e. The third kappa shape index (κ3) is 5.99. The standard InChI is InChI=1S/C29H33NO2.CH4O/c1-3-10-23(11-4-1)27-22-32-28-13-6-5-12-26(28)29(27)24-14-16-25(17-15-24)31-21-9-20-30-18-7-2-8-19-30;1-2/h1,3-6,10-17,27,29H,2,7-9,18-22H2;2H,1H3. The Bertz CT molecular complexity index is 983. The number of rotatable bonds is 7. The van der Waals surface area contributed by atoms with Crippen molar-refractivity contribution in [3.8, 4) is 11.5 Å². The molecule has 1 N–H and O–H groups in total. The minimum atomic E-state index is 0.274. The molecule has 3 aromatic rings. The van der Waals surface area contributed by atoms with Crippen molar-refractivity contribution in [3.05, 3.63) is 95.6 Å². The number of benzene rings is 3. The van der Waals surface area contributed by atoms with Crippen LogP contribution in [0.25, 0.3) is 0 Å². The lowest BCUT2D eigenvalue weighted by molar-refractivity contribution is 0.205. The SMILES string of the molecule is CO.c1ccc(C2COc3ccccc3C2c2ccc(OCCCN3CCCCC3)cc2)cc1. The Kier molecular flexibility index (Phi) is 9.00. The summed E-state index contributed by atoms with van der Waals surface area (Å²) in [5.74, 6) is 2.53. The summed E-state index contributed by atoms with van der Waals surface area (Å²) in [7, 11) is 1.00. The number of aliphatic hydroxyl groups is 1. The van der Waals surface area contributed by atoms with E-state index in [1.165, 1.54) is 49.0 Å². The van der Waals surface area contributed by atoms with E-state index in [0.717, 1.165) is 38.2 Å². The van der Waals surface area contributed by atoms with Crippen LogP contribution in [0.15, 0.2) is 78.9 Å². The third-order valence-electron chi connectivity index (χ3n) is 6.88. The van der Waals surface area contributed by atoms with Crippen LogP contribution in [0.2, 0.25) is 0 Å². The first-order chi connectivity index (χ1) is 16.9. The molecule has 3 aromatic carbocycles. The van der Waals surface area contributed by atoms with Gasteiger partial charge in [0.1, 0.15) is 11.5 Å². The van der Waals surface area contributed by atoms with E-state index in [-0.39, 0.29) is 5.92 Å². The van der Waals surface area contributed by atoms with Crippen molar-refractivity contribution >= 4 is 0 Å². The number of ether oxygens (including phenoxy) is 2. The molecule has 4 heteroatoms. The molecule has 0 amide bonds. The van der Waals surface area contributed by atoms with Gasteiger partial charge in [0.2, 0.25) is 0 Å². The first-order valence-corrected chi connectivity index (χ1v) is 12.5. The third-order valence-corrected chi connectivity index (χ3v) is 6.88. The van der Waals surface area contributed by atoms with Gasteiger partial charge >= 0.3 is 0 Å². The largest absolute Gasteiger partial charge is 0.494 e. The molecule has 2 atom stereocenters. The van der Waals surface area contributed by atoms with E-state index in [0.29, 0.717) is 12.5 Å². The van der Waals surface area contributed by atoms with Gasteiger partial charge < -0.3 is 19.5 Å². The van der Waals surface area contributed by atoms with Crippen LogP contribution in [0, 0.1) is 0 Å². The van der Waals surface area contributed by atoms with Crippen molar-refractivity contribution in [2.24, 2.45) is 0 Å². The molecule has 2 unspecified atom stereocenters. The van der Waals surface area contributed by atoms with Crippen molar-refractivity contribution in [2.75, 3.05) is 40.0 Å². The summed E-state index contributed by atoms with van der Waals surface area (Å²) in [5, 5.41) is 7.00. The summed E-state index contributed by atoms with van der Waals surface area (Å²) in [5.41, 5.74) is 3.91. The number of para-hydroxylation sites is 1. The quantitative estimate of drug-likeness (QED) is 0.450. The van der Waals surface area contributed by atoms with Crippen LogP contribution in [0.3, 0.4) is 0 Å². The second-order valence-electron chi connectivity index (χ2n) is 9.02. The Hall–Kier alpha value is -2.82. The van der Waals surface area contributed by atoms with E-state index in [2.05, 4.69) is 83.8 Å². The van der Waals surface area contributed by atoms with Gasteiger partial charge in [-0.15, -0.1) is 0 Å². The first-order valence-electron chi connectivity index (χ1n) is 12.5. The lowest BCUT2D eigenvalue weighted by Crippen LogP contribution is -2.31. The molecule has 0 aliphatic carbocycles. The van der Waals surface area contributed by atoms with Gasteiger partial charge in [0.05, 0.1) is 13.2 Å². The Balaban J connectivity index is 0.00000133. The molecule has 0 radical (unpaired) electrons. The molecule has 2 aliphatic heterocycles. The Morgan fingerprint density at radius 3 is 2.29 bits per heavy atom. The van der Waals surface area contributed by atoms with Crippen LogP contribution in [-0.4, -0.2) is 50.0 Å². The lowest BCUT2D eigenvalue weighted by Gasteiger charge is -2.34. The molecule has 2 aliphatic rings. The number of likely N-dealkylation sites (tertiary alicyclic amines) is 1. The van der Waals surface area contributed by atoms with Crippen molar-refractivity contribution in [1.82, 2.24) is 4.90 Å². The zero-order valence-corrected chi connectivity index (χ0v) is 20.2. The molecule has 2 heterocycles. The van der Waals surface area contributed by atoms with E-state index in [9.17, 15) is 0 Å². The number of aliphatic hydroxyl groups excluding tert-OH is 1. The molecule has 0 spiro atoms. The van der Waals surface area contributed by atoms with Gasteiger partial charge in [0.15, 0.2) is 0 Å². The van der Waals surface area contributed by atoms with Gasteiger partial charge in [-0.1, -0.05) is 67.1 Å². The average molecular weight is 460 g/mol. The molecule has 5 rings (SSSR count). The fourth-order valence-electron chi connectivity index (χ4n) is 5.19. The van der Waals surface area contributed by atoms with E-state index in [4.69, 9.17) is 14.6 Å². The first kappa shape index (κ1) is 24.3. The van der Waals surface area contributed by atoms with Gasteiger partial charge in [-0.2, -0.15) is 0 Å². The maximum atomic E-state index is 7.00. The molecule has 1 saturated heterocycles. The van der Waals surface area contributed by atoms with Crippen molar-refractivity contribution in [1.29, 1.82) is 0 Å². The zero-order chi connectivity index (χ0) is 23.6. The minimum absolute atomic E-state index is 0.274. The highest BCUT2D eigenvalue weighted by molar-refractivity contribution is 5.48. The van der Waals surface area contributed by atoms with Crippen molar-refractivity contribution in [3.63, 3.8) is 0 Å². The predicted octanol–water partition coefficient (Wildman–Crippen LogP) is 5.86. The summed E-state index contributed by atoms with van der Waals surface area (Å²) >= 11 is 0. The molecule has 4 nitrogen and oxygen atoms in total. The van der Waals surface area contributed by atoms with E-state index in [1.54, 1.807) is 0 Å². The summed E-state index contributed by atoms with van der Waals surface area (Å²) < 4.78 is 12.2. The van der Waals surface area contributed by atoms with Crippen LogP contribution < -0.4 is 9.47 Å². The zero-order valence-electron chi connectivity index (χ0n) is 20.2. The van der Waals surface area contributed by atoms with Gasteiger partial charge in [-0.3, -0.25) is 0 Å². The maximum absolute atomic E-state index is 7.00. The average Bonchev–Trinajstić information content (AvgIpc) is 2.93. The Morgan fingerprint density at radius 2 is 1.53 bits per heavy atom. The highest BCUT2D eigenvalue weighted by Crippen LogP contribution is 2.46. The Labute approximate surface area is 204 Å². The van der Waals surface area contributed by atoms with Gasteiger partial charge in [0, 0.05) is 31.1 Å². The maximum Gasteiger partial charge on any atom is 0.123 e. The summed E-state index contributed by atoms with van der Waals surface area (Å²) in [6, 6.07) is 28.0. The molecular formula is C30H37NO3. The van der Waals surface area contributed by atoms with Crippen LogP contribution in [0.1, 0.15) is 54.2 Å². The monoisotopic (exact) mass is 459 g/mol. The van der Waals surface area contributed by atoms with Gasteiger partial charge in [0.25, 0.3) is 0 Å². The molecule has 0 bridgehead atoms. The minimum Gasteiger partial charge on any atom is -0.494 e. The molecule has 0 saturated carbocycles. The molecule has 180 valence electrons. The topological polar surface area (TPSA) is 41.9 Å². The molecule has 34 heavy (non-hydrogen) atoms. The van der Waals surface area contributed by atoms with Crippen LogP contribution in [0.5, 0.6) is 11.5 Å². The van der Waals surface area contributed by atoms with E-state index in [1.807, 2.05) is 0 Å². The molecule has 1 fully saturated rings. The fraction of sp³-hybridized carbons (Fsp3) is 0.400. The van der Waals surface area contributed by atoms with Crippen molar-refractivity contribution in [2.45, 2.75) is 37.5 Å². The number of hydrogen-bond donors (Lipinski definition) is 1. The van der Waals surface area contributed by atoms with Crippen molar-refractivity contribution < 1.29 is 14.6 Å². The Morgan fingerprint density at radius 1 is 0.824 bits per heavy atom. The number of hydrogen-bond acceptors (Lipinski definition) is 4. The normalized spacial score (nSPS) is 19.8. The van der Waals surface area contributed by atoms with Gasteiger partial charge in [-0.05, 0) is 61.7 Å². The predicted molar refractivity (Wildman–Crippen MR) is 138 cm³/mol. The van der Waals surface area contributed by atoms with Crippen LogP contribution >= 0.6 is 0 Å². The highest BCUT2D eigenvalue weighted by atomic mass is 16.5. The van der Waals surface area contributed by atoms with Gasteiger partial charge in [-0.25, -0.2) is 0 Å². The van der Waals surface area contributed by atoms with Crippen LogP contribution in [0.4, 0.5) is 0 Å². The summed E-state index contributed by atoms with van der Waals surface area (Å²) in [6.45, 7) is 5.13. The number of piperidine rings is 1. The fourth-order valence-corrected chi connectivity index (χ4v) is 5.19. The van der Waals surface area contributed by atoms with Crippen LogP contribution in [-0.2, 0) is 0 Å². The molecule has 0 aromatic heterocycles. The number of fused-ring (bicyclic) bond motifs is 1. The second kappa shape index (κ2) is 12.6. The summed E-state index contributed by atoms with van der Waals surface area (Å²) in [6.07, 6.45) is 5.18. The van der Waals surface area contributed by atoms with E-state index >= 15 is 0 Å². The lowest BCUT2D eigenvalue weighted by atomic mass is 9.76. The second-order valence-corrected chi connectivity index (χ2v) is 9.02. The van der Waals surface area contributed by atoms with E-state index < -0.39 is 0 Å². The summed E-state index contributed by atoms with van der Waals surface area (Å²) in [4.78, 5) is 2.57. The number of nitrogens with zero attached hydrogens (tertiary/aromatic N) is 1. The molecular weight excluding hydrogens is 422 g/mol. The highest BCUT2D eigenvalue weighted by Gasteiger charge is 2.33.